The number of hydrogen-bond acceptors (Lipinski definition) is 4. The molecule has 2 N–H and O–H groups in total. The molecule has 5 heteroatoms. The lowest BCUT2D eigenvalue weighted by molar-refractivity contribution is -0.285. The molecule has 1 aliphatic heterocycles. The summed E-state index contributed by atoms with van der Waals surface area (Å²) in [4.78, 5) is 23.1. The van der Waals surface area contributed by atoms with E-state index >= 15 is 0 Å². The molecule has 1 aliphatic rings. The zero-order valence-corrected chi connectivity index (χ0v) is 10.1. The molecule has 5 nitrogen and oxygen atoms in total. The molecule has 0 saturated carbocycles. The van der Waals surface area contributed by atoms with Crippen LogP contribution in [0.25, 0.3) is 0 Å². The maximum Gasteiger partial charge on any atom is 0.244 e. The Hall–Kier alpha value is -0.910. The molecule has 1 amide bonds. The summed E-state index contributed by atoms with van der Waals surface area (Å²) in [6, 6.07) is -0.434. The van der Waals surface area contributed by atoms with Gasteiger partial charge in [0, 0.05) is 6.20 Å². The van der Waals surface area contributed by atoms with Gasteiger partial charge in [-0.1, -0.05) is 6.08 Å². The zero-order chi connectivity index (χ0) is 12.2. The average molecular weight is 228 g/mol. The Morgan fingerprint density at radius 1 is 1.62 bits per heavy atom. The van der Waals surface area contributed by atoms with E-state index in [4.69, 9.17) is 10.6 Å². The van der Waals surface area contributed by atoms with Gasteiger partial charge in [0.25, 0.3) is 0 Å². The van der Waals surface area contributed by atoms with Crippen molar-refractivity contribution < 1.29 is 14.6 Å². The standard InChI is InChI=1S/C11H20N2O3/c1-11(2,8-16-15-3)13-7-5-4-6-9(12)10(13)14/h5,7,9H,4,6,8,12H2,1-3H3. The SMILES string of the molecule is COOCC(C)(C)N1C=CCCC(N)C1=O. The maximum absolute atomic E-state index is 12.0. The Morgan fingerprint density at radius 2 is 2.31 bits per heavy atom. The van der Waals surface area contributed by atoms with Gasteiger partial charge in [0.2, 0.25) is 5.91 Å². The van der Waals surface area contributed by atoms with Crippen molar-refractivity contribution in [1.29, 1.82) is 0 Å². The lowest BCUT2D eigenvalue weighted by Crippen LogP contribution is -2.52. The van der Waals surface area contributed by atoms with Gasteiger partial charge < -0.3 is 10.6 Å². The molecule has 1 atom stereocenters. The van der Waals surface area contributed by atoms with Crippen molar-refractivity contribution >= 4 is 5.91 Å². The summed E-state index contributed by atoms with van der Waals surface area (Å²) in [5.74, 6) is -0.0709. The third-order valence-corrected chi connectivity index (χ3v) is 2.64. The molecule has 0 bridgehead atoms. The molecule has 1 unspecified atom stereocenters. The zero-order valence-electron chi connectivity index (χ0n) is 10.1. The minimum Gasteiger partial charge on any atom is -0.320 e. The second kappa shape index (κ2) is 5.43. The third kappa shape index (κ3) is 3.04. The van der Waals surface area contributed by atoms with Crippen molar-refractivity contribution in [2.24, 2.45) is 5.73 Å². The van der Waals surface area contributed by atoms with Crippen LogP contribution >= 0.6 is 0 Å². The molecule has 1 heterocycles. The highest BCUT2D eigenvalue weighted by Crippen LogP contribution is 2.20. The minimum atomic E-state index is -0.467. The number of hydrogen-bond donors (Lipinski definition) is 1. The number of carbonyl (C=O) groups is 1. The maximum atomic E-state index is 12.0. The summed E-state index contributed by atoms with van der Waals surface area (Å²) < 4.78 is 0. The van der Waals surface area contributed by atoms with Gasteiger partial charge in [-0.25, -0.2) is 9.78 Å². The van der Waals surface area contributed by atoms with E-state index in [0.29, 0.717) is 13.0 Å². The lowest BCUT2D eigenvalue weighted by Gasteiger charge is -2.35. The van der Waals surface area contributed by atoms with Crippen LogP contribution in [0.15, 0.2) is 12.3 Å². The molecule has 0 aromatic rings. The monoisotopic (exact) mass is 228 g/mol. The van der Waals surface area contributed by atoms with Gasteiger partial charge in [-0.3, -0.25) is 4.79 Å². The summed E-state index contributed by atoms with van der Waals surface area (Å²) in [6.07, 6.45) is 5.26. The molecular weight excluding hydrogens is 208 g/mol. The van der Waals surface area contributed by atoms with Crippen LogP contribution in [-0.4, -0.2) is 36.1 Å². The number of allylic oxidation sites excluding steroid dienone is 1. The van der Waals surface area contributed by atoms with Crippen molar-refractivity contribution in [2.75, 3.05) is 13.7 Å². The second-order valence-corrected chi connectivity index (χ2v) is 4.52. The van der Waals surface area contributed by atoms with Crippen LogP contribution in [0.1, 0.15) is 26.7 Å². The van der Waals surface area contributed by atoms with E-state index in [1.807, 2.05) is 19.9 Å². The topological polar surface area (TPSA) is 64.8 Å². The summed E-state index contributed by atoms with van der Waals surface area (Å²) in [7, 11) is 1.45. The number of amides is 1. The molecule has 0 saturated heterocycles. The van der Waals surface area contributed by atoms with Gasteiger partial charge in [0.1, 0.15) is 6.61 Å². The summed E-state index contributed by atoms with van der Waals surface area (Å²) in [6.45, 7) is 4.12. The number of nitrogens with zero attached hydrogens (tertiary/aromatic N) is 1. The van der Waals surface area contributed by atoms with E-state index in [1.165, 1.54) is 7.11 Å². The molecule has 0 fully saturated rings. The van der Waals surface area contributed by atoms with E-state index < -0.39 is 11.6 Å². The smallest absolute Gasteiger partial charge is 0.244 e. The first-order chi connectivity index (χ1) is 7.49. The van der Waals surface area contributed by atoms with E-state index in [0.717, 1.165) is 6.42 Å². The Kier molecular flexibility index (Phi) is 4.46. The van der Waals surface area contributed by atoms with E-state index in [2.05, 4.69) is 4.89 Å². The van der Waals surface area contributed by atoms with Gasteiger partial charge in [-0.2, -0.15) is 0 Å². The summed E-state index contributed by atoms with van der Waals surface area (Å²) in [5, 5.41) is 0. The lowest BCUT2D eigenvalue weighted by atomic mass is 10.0. The van der Waals surface area contributed by atoms with Crippen LogP contribution < -0.4 is 5.73 Å². The fourth-order valence-corrected chi connectivity index (χ4v) is 1.60. The molecule has 0 aromatic carbocycles. The van der Waals surface area contributed by atoms with Crippen LogP contribution in [0, 0.1) is 0 Å². The first kappa shape index (κ1) is 13.2. The number of nitrogens with two attached hydrogens (primary N) is 1. The number of carbonyl (C=O) groups excluding carboxylic acids is 1. The third-order valence-electron chi connectivity index (χ3n) is 2.64. The van der Waals surface area contributed by atoms with E-state index in [9.17, 15) is 4.79 Å². The molecule has 0 spiro atoms. The predicted octanol–water partition coefficient (Wildman–Crippen LogP) is 0.806. The first-order valence-electron chi connectivity index (χ1n) is 5.40. The molecule has 0 aliphatic carbocycles. The minimum absolute atomic E-state index is 0.0709. The van der Waals surface area contributed by atoms with E-state index in [1.54, 1.807) is 11.1 Å². The molecule has 92 valence electrons. The van der Waals surface area contributed by atoms with Crippen molar-refractivity contribution in [1.82, 2.24) is 4.90 Å². The Morgan fingerprint density at radius 3 is 2.94 bits per heavy atom. The Balaban J connectivity index is 2.78. The van der Waals surface area contributed by atoms with E-state index in [-0.39, 0.29) is 5.91 Å². The Bertz CT molecular complexity index is 276. The highest BCUT2D eigenvalue weighted by atomic mass is 17.2. The highest BCUT2D eigenvalue weighted by molar-refractivity contribution is 5.83. The molecule has 0 radical (unpaired) electrons. The average Bonchev–Trinajstić information content (AvgIpc) is 2.40. The number of rotatable bonds is 4. The van der Waals surface area contributed by atoms with Crippen LogP contribution in [0.3, 0.4) is 0 Å². The largest absolute Gasteiger partial charge is 0.320 e. The van der Waals surface area contributed by atoms with Crippen molar-refractivity contribution in [3.8, 4) is 0 Å². The van der Waals surface area contributed by atoms with Crippen LogP contribution in [0.4, 0.5) is 0 Å². The second-order valence-electron chi connectivity index (χ2n) is 4.52. The normalized spacial score (nSPS) is 22.4. The molecule has 1 rings (SSSR count). The van der Waals surface area contributed by atoms with Gasteiger partial charge in [-0.15, -0.1) is 0 Å². The van der Waals surface area contributed by atoms with Gasteiger partial charge in [0.05, 0.1) is 18.7 Å². The predicted molar refractivity (Wildman–Crippen MR) is 60.2 cm³/mol. The van der Waals surface area contributed by atoms with Crippen molar-refractivity contribution in [2.45, 2.75) is 38.3 Å². The van der Waals surface area contributed by atoms with Crippen molar-refractivity contribution in [3.63, 3.8) is 0 Å². The Labute approximate surface area is 96.1 Å². The van der Waals surface area contributed by atoms with Crippen LogP contribution in [0.2, 0.25) is 0 Å². The fourth-order valence-electron chi connectivity index (χ4n) is 1.60. The quantitative estimate of drug-likeness (QED) is 0.571. The van der Waals surface area contributed by atoms with Crippen molar-refractivity contribution in [3.05, 3.63) is 12.3 Å². The van der Waals surface area contributed by atoms with Crippen LogP contribution in [-0.2, 0) is 14.6 Å². The van der Waals surface area contributed by atoms with Crippen LogP contribution in [0.5, 0.6) is 0 Å². The molecule has 0 aromatic heterocycles. The summed E-state index contributed by atoms with van der Waals surface area (Å²) >= 11 is 0. The molecular formula is C11H20N2O3. The highest BCUT2D eigenvalue weighted by Gasteiger charge is 2.33. The van der Waals surface area contributed by atoms with Gasteiger partial charge in [0.15, 0.2) is 0 Å². The van der Waals surface area contributed by atoms with Gasteiger partial charge >= 0.3 is 0 Å². The molecule has 16 heavy (non-hydrogen) atoms. The first-order valence-corrected chi connectivity index (χ1v) is 5.40. The van der Waals surface area contributed by atoms with Gasteiger partial charge in [-0.05, 0) is 26.7 Å². The summed E-state index contributed by atoms with van der Waals surface area (Å²) in [5.41, 5.74) is 5.32. The fraction of sp³-hybridized carbons (Fsp3) is 0.727.